The molecule has 1 rings (SSSR count). The van der Waals surface area contributed by atoms with Crippen LogP contribution in [0.15, 0.2) is 16.6 Å². The Balaban J connectivity index is 3.16. The third-order valence-electron chi connectivity index (χ3n) is 2.80. The molecule has 1 aromatic carbocycles. The lowest BCUT2D eigenvalue weighted by molar-refractivity contribution is -0.138. The topological polar surface area (TPSA) is 46.5 Å². The average Bonchev–Trinajstić information content (AvgIpc) is 2.21. The van der Waals surface area contributed by atoms with Crippen LogP contribution in [0.2, 0.25) is 0 Å². The van der Waals surface area contributed by atoms with E-state index in [1.54, 1.807) is 19.9 Å². The van der Waals surface area contributed by atoms with E-state index in [2.05, 4.69) is 15.9 Å². The maximum Gasteiger partial charge on any atom is 0.304 e. The minimum Gasteiger partial charge on any atom is -0.481 e. The smallest absolute Gasteiger partial charge is 0.304 e. The summed E-state index contributed by atoms with van der Waals surface area (Å²) in [4.78, 5) is 10.8. The first-order valence-electron chi connectivity index (χ1n) is 5.47. The number of methoxy groups -OCH3 is 1. The Hall–Kier alpha value is -0.940. The summed E-state index contributed by atoms with van der Waals surface area (Å²) in [6.07, 6.45) is -0.0531. The monoisotopic (exact) mass is 318 g/mol. The lowest BCUT2D eigenvalue weighted by Crippen LogP contribution is -2.22. The van der Waals surface area contributed by atoms with Crippen molar-refractivity contribution in [3.63, 3.8) is 0 Å². The Labute approximate surface area is 114 Å². The molecule has 5 heteroatoms. The molecular formula is C13H16BrFO3. The fourth-order valence-corrected chi connectivity index (χ4v) is 2.31. The summed E-state index contributed by atoms with van der Waals surface area (Å²) in [6.45, 7) is 3.72. The molecule has 0 bridgehead atoms. The van der Waals surface area contributed by atoms with E-state index < -0.39 is 11.4 Å². The molecule has 0 amide bonds. The van der Waals surface area contributed by atoms with Crippen LogP contribution in [0, 0.1) is 5.82 Å². The second kappa shape index (κ2) is 5.80. The molecule has 0 spiro atoms. The highest BCUT2D eigenvalue weighted by Gasteiger charge is 2.26. The van der Waals surface area contributed by atoms with Crippen molar-refractivity contribution in [2.75, 3.05) is 7.11 Å². The zero-order valence-electron chi connectivity index (χ0n) is 10.6. The minimum atomic E-state index is -0.905. The van der Waals surface area contributed by atoms with Crippen LogP contribution in [-0.4, -0.2) is 18.2 Å². The van der Waals surface area contributed by atoms with Crippen molar-refractivity contribution in [1.29, 1.82) is 0 Å². The molecule has 1 N–H and O–H groups in total. The number of halogens is 2. The Bertz CT molecular complexity index is 435. The molecule has 0 heterocycles. The van der Waals surface area contributed by atoms with Gasteiger partial charge >= 0.3 is 5.97 Å². The van der Waals surface area contributed by atoms with Gasteiger partial charge in [-0.1, -0.05) is 29.8 Å². The van der Waals surface area contributed by atoms with Gasteiger partial charge in [-0.2, -0.15) is 0 Å². The third kappa shape index (κ3) is 3.53. The van der Waals surface area contributed by atoms with Crippen LogP contribution in [0.5, 0.6) is 0 Å². The second-order valence-electron chi connectivity index (χ2n) is 4.81. The Kier molecular flexibility index (Phi) is 4.87. The minimum absolute atomic E-state index is 0.0531. The summed E-state index contributed by atoms with van der Waals surface area (Å²) in [5.41, 5.74) is 0.461. The normalized spacial score (nSPS) is 11.6. The molecule has 0 atom stereocenters. The first kappa shape index (κ1) is 15.1. The van der Waals surface area contributed by atoms with Crippen molar-refractivity contribution in [2.24, 2.45) is 0 Å². The van der Waals surface area contributed by atoms with Gasteiger partial charge in [-0.25, -0.2) is 4.39 Å². The highest BCUT2D eigenvalue weighted by molar-refractivity contribution is 9.10. The fraction of sp³-hybridized carbons (Fsp3) is 0.462. The molecule has 0 unspecified atom stereocenters. The van der Waals surface area contributed by atoms with Crippen molar-refractivity contribution in [3.8, 4) is 0 Å². The molecule has 0 aliphatic rings. The van der Waals surface area contributed by atoms with Gasteiger partial charge in [0.1, 0.15) is 5.82 Å². The van der Waals surface area contributed by atoms with E-state index in [9.17, 15) is 9.18 Å². The van der Waals surface area contributed by atoms with Gasteiger partial charge in [0.2, 0.25) is 0 Å². The van der Waals surface area contributed by atoms with Crippen molar-refractivity contribution in [3.05, 3.63) is 33.5 Å². The number of aliphatic carboxylic acids is 1. The van der Waals surface area contributed by atoms with Gasteiger partial charge in [-0.15, -0.1) is 0 Å². The molecule has 3 nitrogen and oxygen atoms in total. The number of rotatable bonds is 5. The van der Waals surface area contributed by atoms with Crippen LogP contribution in [0.3, 0.4) is 0 Å². The SMILES string of the molecule is COCc1c(F)cc(C(C)(C)CC(=O)O)cc1Br. The van der Waals surface area contributed by atoms with E-state index in [1.165, 1.54) is 13.2 Å². The molecule has 0 saturated carbocycles. The number of hydrogen-bond acceptors (Lipinski definition) is 2. The quantitative estimate of drug-likeness (QED) is 0.904. The number of carboxylic acids is 1. The lowest BCUT2D eigenvalue weighted by atomic mass is 9.81. The van der Waals surface area contributed by atoms with E-state index in [-0.39, 0.29) is 18.8 Å². The molecule has 100 valence electrons. The summed E-state index contributed by atoms with van der Waals surface area (Å²) >= 11 is 3.29. The van der Waals surface area contributed by atoms with Crippen molar-refractivity contribution >= 4 is 21.9 Å². The maximum absolute atomic E-state index is 13.9. The van der Waals surface area contributed by atoms with Crippen molar-refractivity contribution < 1.29 is 19.0 Å². The zero-order valence-corrected chi connectivity index (χ0v) is 12.2. The number of hydrogen-bond donors (Lipinski definition) is 1. The van der Waals surface area contributed by atoms with Gasteiger partial charge < -0.3 is 9.84 Å². The molecule has 0 aromatic heterocycles. The molecule has 18 heavy (non-hydrogen) atoms. The van der Waals surface area contributed by atoms with Gasteiger partial charge in [-0.05, 0) is 17.7 Å². The van der Waals surface area contributed by atoms with Crippen LogP contribution in [-0.2, 0) is 21.6 Å². The molecular weight excluding hydrogens is 303 g/mol. The number of ether oxygens (including phenoxy) is 1. The van der Waals surface area contributed by atoms with Gasteiger partial charge in [0.05, 0.1) is 13.0 Å². The summed E-state index contributed by atoms with van der Waals surface area (Å²) in [7, 11) is 1.49. The lowest BCUT2D eigenvalue weighted by Gasteiger charge is -2.24. The van der Waals surface area contributed by atoms with E-state index in [4.69, 9.17) is 9.84 Å². The van der Waals surface area contributed by atoms with Gasteiger partial charge in [0.25, 0.3) is 0 Å². The summed E-state index contributed by atoms with van der Waals surface area (Å²) < 4.78 is 19.4. The van der Waals surface area contributed by atoms with E-state index >= 15 is 0 Å². The highest BCUT2D eigenvalue weighted by Crippen LogP contribution is 2.32. The molecule has 0 aliphatic heterocycles. The first-order chi connectivity index (χ1) is 8.27. The number of carbonyl (C=O) groups is 1. The number of benzene rings is 1. The van der Waals surface area contributed by atoms with E-state index in [0.29, 0.717) is 15.6 Å². The molecule has 0 saturated heterocycles. The van der Waals surface area contributed by atoms with Gasteiger partial charge in [0.15, 0.2) is 0 Å². The van der Waals surface area contributed by atoms with Crippen LogP contribution >= 0.6 is 15.9 Å². The largest absolute Gasteiger partial charge is 0.481 e. The maximum atomic E-state index is 13.9. The predicted octanol–water partition coefficient (Wildman–Crippen LogP) is 3.49. The Morgan fingerprint density at radius 2 is 2.11 bits per heavy atom. The van der Waals surface area contributed by atoms with Crippen molar-refractivity contribution in [1.82, 2.24) is 0 Å². The molecule has 0 fully saturated rings. The molecule has 0 radical (unpaired) electrons. The number of carboxylic acid groups (broad SMARTS) is 1. The first-order valence-corrected chi connectivity index (χ1v) is 6.26. The third-order valence-corrected chi connectivity index (χ3v) is 3.51. The van der Waals surface area contributed by atoms with Crippen molar-refractivity contribution in [2.45, 2.75) is 32.3 Å². The fourth-order valence-electron chi connectivity index (χ4n) is 1.76. The van der Waals surface area contributed by atoms with E-state index in [1.807, 2.05) is 0 Å². The van der Waals surface area contributed by atoms with Crippen LogP contribution in [0.25, 0.3) is 0 Å². The zero-order chi connectivity index (χ0) is 13.9. The Morgan fingerprint density at radius 3 is 2.56 bits per heavy atom. The Morgan fingerprint density at radius 1 is 1.50 bits per heavy atom. The second-order valence-corrected chi connectivity index (χ2v) is 5.66. The molecule has 1 aromatic rings. The summed E-state index contributed by atoms with van der Waals surface area (Å²) in [6, 6.07) is 3.13. The molecule has 0 aliphatic carbocycles. The van der Waals surface area contributed by atoms with Crippen LogP contribution < -0.4 is 0 Å². The van der Waals surface area contributed by atoms with Gasteiger partial charge in [-0.3, -0.25) is 4.79 Å². The van der Waals surface area contributed by atoms with E-state index in [0.717, 1.165) is 0 Å². The van der Waals surface area contributed by atoms with Crippen LogP contribution in [0.1, 0.15) is 31.4 Å². The summed E-state index contributed by atoms with van der Waals surface area (Å²) in [5.74, 6) is -1.29. The van der Waals surface area contributed by atoms with Gasteiger partial charge in [0, 0.05) is 22.6 Å². The highest BCUT2D eigenvalue weighted by atomic mass is 79.9. The predicted molar refractivity (Wildman–Crippen MR) is 70.1 cm³/mol. The standard InChI is InChI=1S/C13H16BrFO3/c1-13(2,6-12(16)17)8-4-10(14)9(7-18-3)11(15)5-8/h4-5H,6-7H2,1-3H3,(H,16,17). The summed E-state index contributed by atoms with van der Waals surface area (Å²) in [5, 5.41) is 8.86. The average molecular weight is 319 g/mol. The van der Waals surface area contributed by atoms with Crippen LogP contribution in [0.4, 0.5) is 4.39 Å².